The summed E-state index contributed by atoms with van der Waals surface area (Å²) in [7, 11) is 2.35. The van der Waals surface area contributed by atoms with Gasteiger partial charge in [0.05, 0.1) is 0 Å². The number of aromatic nitrogens is 1. The standard InChI is InChI=1S/C33H46N2/c1-31(2,3)35(6)26-13-16-32(4)25(20-26)9-10-27-29-12-11-28(33(29,5)17-14-30(27)32)23-8-7-22-15-18-34-21-24(22)19-23/h7-9,15,18-19,21,26-30H,10-14,16-17,20H2,1-6H3/t26-,27-,28?,29-,30?,32-,33+/m0/s1. The number of hydrogen-bond donors (Lipinski definition) is 0. The van der Waals surface area contributed by atoms with E-state index in [1.54, 1.807) is 5.56 Å². The van der Waals surface area contributed by atoms with Crippen LogP contribution in [0.25, 0.3) is 10.8 Å². The van der Waals surface area contributed by atoms with Crippen molar-refractivity contribution in [3.05, 3.63) is 53.9 Å². The summed E-state index contributed by atoms with van der Waals surface area (Å²) in [6.45, 7) is 12.4. The molecule has 0 spiro atoms. The van der Waals surface area contributed by atoms with Gasteiger partial charge in [0.15, 0.2) is 0 Å². The highest BCUT2D eigenvalue weighted by molar-refractivity contribution is 5.82. The van der Waals surface area contributed by atoms with Gasteiger partial charge in [0.1, 0.15) is 0 Å². The largest absolute Gasteiger partial charge is 0.298 e. The molecule has 4 aliphatic carbocycles. The van der Waals surface area contributed by atoms with Gasteiger partial charge in [-0.15, -0.1) is 0 Å². The van der Waals surface area contributed by atoms with E-state index < -0.39 is 0 Å². The van der Waals surface area contributed by atoms with Gasteiger partial charge >= 0.3 is 0 Å². The van der Waals surface area contributed by atoms with Crippen LogP contribution in [-0.2, 0) is 0 Å². The van der Waals surface area contributed by atoms with Crippen molar-refractivity contribution in [1.29, 1.82) is 0 Å². The highest BCUT2D eigenvalue weighted by Gasteiger charge is 2.59. The number of nitrogens with zero attached hydrogens (tertiary/aromatic N) is 2. The highest BCUT2D eigenvalue weighted by Crippen LogP contribution is 2.68. The second kappa shape index (κ2) is 8.17. The van der Waals surface area contributed by atoms with Crippen molar-refractivity contribution < 1.29 is 0 Å². The molecule has 2 nitrogen and oxygen atoms in total. The lowest BCUT2D eigenvalue weighted by molar-refractivity contribution is -0.0399. The van der Waals surface area contributed by atoms with Crippen LogP contribution in [0.1, 0.15) is 97.5 Å². The summed E-state index contributed by atoms with van der Waals surface area (Å²) in [6, 6.07) is 10.1. The summed E-state index contributed by atoms with van der Waals surface area (Å²) < 4.78 is 0. The van der Waals surface area contributed by atoms with E-state index in [-0.39, 0.29) is 5.54 Å². The van der Waals surface area contributed by atoms with E-state index in [9.17, 15) is 0 Å². The average molecular weight is 471 g/mol. The second-order valence-electron chi connectivity index (χ2n) is 14.1. The van der Waals surface area contributed by atoms with Gasteiger partial charge in [-0.2, -0.15) is 0 Å². The minimum atomic E-state index is 0.251. The fourth-order valence-corrected chi connectivity index (χ4v) is 9.39. The normalized spacial score (nSPS) is 39.2. The first-order valence-electron chi connectivity index (χ1n) is 14.4. The van der Waals surface area contributed by atoms with Crippen LogP contribution in [0.3, 0.4) is 0 Å². The van der Waals surface area contributed by atoms with Crippen LogP contribution in [0, 0.1) is 28.6 Å². The highest BCUT2D eigenvalue weighted by atomic mass is 15.2. The molecular formula is C33H46N2. The maximum absolute atomic E-state index is 4.40. The summed E-state index contributed by atoms with van der Waals surface area (Å²) in [5, 5.41) is 2.62. The third-order valence-electron chi connectivity index (χ3n) is 11.8. The Morgan fingerprint density at radius 3 is 2.57 bits per heavy atom. The SMILES string of the molecule is CN([C@H]1CC[C@@]2(C)C(=CC[C@@H]3C2CC[C@]2(C)C(c4ccc5ccncc5c4)CC[C@@H]32)C1)C(C)(C)C. The zero-order valence-electron chi connectivity index (χ0n) is 23.0. The van der Waals surface area contributed by atoms with E-state index in [1.807, 2.05) is 18.0 Å². The molecule has 7 atom stereocenters. The second-order valence-corrected chi connectivity index (χ2v) is 14.1. The van der Waals surface area contributed by atoms with Crippen LogP contribution < -0.4 is 0 Å². The van der Waals surface area contributed by atoms with E-state index in [1.165, 1.54) is 62.1 Å². The van der Waals surface area contributed by atoms with E-state index in [2.05, 4.69) is 81.9 Å². The molecule has 0 amide bonds. The monoisotopic (exact) mass is 470 g/mol. The van der Waals surface area contributed by atoms with E-state index in [4.69, 9.17) is 0 Å². The molecule has 1 aromatic heterocycles. The summed E-state index contributed by atoms with van der Waals surface area (Å²) >= 11 is 0. The van der Waals surface area contributed by atoms with Crippen molar-refractivity contribution in [2.75, 3.05) is 7.05 Å². The van der Waals surface area contributed by atoms with Crippen LogP contribution in [0.5, 0.6) is 0 Å². The van der Waals surface area contributed by atoms with Crippen LogP contribution in [-0.4, -0.2) is 28.5 Å². The summed E-state index contributed by atoms with van der Waals surface area (Å²) in [5.74, 6) is 3.35. The van der Waals surface area contributed by atoms with E-state index in [0.29, 0.717) is 22.8 Å². The van der Waals surface area contributed by atoms with E-state index >= 15 is 0 Å². The van der Waals surface area contributed by atoms with Crippen molar-refractivity contribution in [3.8, 4) is 0 Å². The Kier molecular flexibility index (Phi) is 5.53. The first kappa shape index (κ1) is 23.7. The molecule has 1 heterocycles. The van der Waals surface area contributed by atoms with Gasteiger partial charge in [-0.05, 0) is 137 Å². The summed E-state index contributed by atoms with van der Waals surface area (Å²) in [5.41, 5.74) is 4.51. The summed E-state index contributed by atoms with van der Waals surface area (Å²) in [6.07, 6.45) is 17.7. The number of pyridine rings is 1. The molecule has 2 unspecified atom stereocenters. The minimum Gasteiger partial charge on any atom is -0.298 e. The van der Waals surface area contributed by atoms with Gasteiger partial charge in [-0.3, -0.25) is 9.88 Å². The Balaban J connectivity index is 1.26. The van der Waals surface area contributed by atoms with Gasteiger partial charge in [-0.1, -0.05) is 37.6 Å². The number of fused-ring (bicyclic) bond motifs is 6. The molecule has 0 saturated heterocycles. The molecule has 2 aromatic rings. The van der Waals surface area contributed by atoms with Crippen molar-refractivity contribution in [2.24, 2.45) is 28.6 Å². The molecule has 2 heteroatoms. The molecule has 6 rings (SSSR count). The quantitative estimate of drug-likeness (QED) is 0.410. The molecule has 0 bridgehead atoms. The topological polar surface area (TPSA) is 16.1 Å². The lowest BCUT2D eigenvalue weighted by atomic mass is 9.47. The third-order valence-corrected chi connectivity index (χ3v) is 11.8. The predicted molar refractivity (Wildman–Crippen MR) is 147 cm³/mol. The predicted octanol–water partition coefficient (Wildman–Crippen LogP) is 8.38. The van der Waals surface area contributed by atoms with Crippen LogP contribution in [0.2, 0.25) is 0 Å². The van der Waals surface area contributed by atoms with Gasteiger partial charge in [0.25, 0.3) is 0 Å². The van der Waals surface area contributed by atoms with Crippen molar-refractivity contribution in [2.45, 2.75) is 103 Å². The molecule has 0 aliphatic heterocycles. The number of rotatable bonds is 2. The molecule has 1 aromatic carbocycles. The number of benzene rings is 1. The first-order valence-corrected chi connectivity index (χ1v) is 14.4. The average Bonchev–Trinajstić information content (AvgIpc) is 3.19. The lowest BCUT2D eigenvalue weighted by Gasteiger charge is -2.59. The van der Waals surface area contributed by atoms with Crippen molar-refractivity contribution >= 4 is 10.8 Å². The molecule has 3 fully saturated rings. The fraction of sp³-hybridized carbons (Fsp3) is 0.667. The Morgan fingerprint density at radius 2 is 1.77 bits per heavy atom. The molecule has 0 radical (unpaired) electrons. The Labute approximate surface area is 213 Å². The first-order chi connectivity index (χ1) is 16.6. The number of hydrogen-bond acceptors (Lipinski definition) is 2. The van der Waals surface area contributed by atoms with Gasteiger partial charge in [0, 0.05) is 29.4 Å². The molecule has 35 heavy (non-hydrogen) atoms. The lowest BCUT2D eigenvalue weighted by Crippen LogP contribution is -2.53. The molecule has 188 valence electrons. The van der Waals surface area contributed by atoms with Crippen molar-refractivity contribution in [1.82, 2.24) is 9.88 Å². The zero-order valence-corrected chi connectivity index (χ0v) is 23.0. The van der Waals surface area contributed by atoms with E-state index in [0.717, 1.165) is 17.8 Å². The van der Waals surface area contributed by atoms with Gasteiger partial charge in [0.2, 0.25) is 0 Å². The maximum Gasteiger partial charge on any atom is 0.0346 e. The molecule has 4 aliphatic rings. The Hall–Kier alpha value is -1.67. The maximum atomic E-state index is 4.40. The molecular weight excluding hydrogens is 424 g/mol. The third kappa shape index (κ3) is 3.64. The fourth-order valence-electron chi connectivity index (χ4n) is 9.39. The van der Waals surface area contributed by atoms with Gasteiger partial charge < -0.3 is 0 Å². The van der Waals surface area contributed by atoms with Crippen LogP contribution in [0.4, 0.5) is 0 Å². The van der Waals surface area contributed by atoms with Crippen LogP contribution in [0.15, 0.2) is 48.3 Å². The Bertz CT molecular complexity index is 1140. The Morgan fingerprint density at radius 1 is 0.943 bits per heavy atom. The van der Waals surface area contributed by atoms with Crippen molar-refractivity contribution in [3.63, 3.8) is 0 Å². The van der Waals surface area contributed by atoms with Gasteiger partial charge in [-0.25, -0.2) is 0 Å². The number of allylic oxidation sites excluding steroid dienone is 1. The molecule has 0 N–H and O–H groups in total. The molecule has 3 saturated carbocycles. The summed E-state index contributed by atoms with van der Waals surface area (Å²) in [4.78, 5) is 7.05. The minimum absolute atomic E-state index is 0.251. The van der Waals surface area contributed by atoms with Crippen LogP contribution >= 0.6 is 0 Å². The zero-order chi connectivity index (χ0) is 24.6. The smallest absolute Gasteiger partial charge is 0.0346 e.